The van der Waals surface area contributed by atoms with E-state index in [9.17, 15) is 9.59 Å². The Kier molecular flexibility index (Phi) is 8.27. The number of aromatic nitrogens is 4. The zero-order chi connectivity index (χ0) is 26.5. The van der Waals surface area contributed by atoms with Crippen LogP contribution in [0.4, 0.5) is 9.59 Å². The minimum absolute atomic E-state index is 0.203. The topological polar surface area (TPSA) is 112 Å². The molecule has 1 aromatic carbocycles. The van der Waals surface area contributed by atoms with E-state index >= 15 is 0 Å². The Morgan fingerprint density at radius 1 is 0.921 bits per heavy atom. The lowest BCUT2D eigenvalue weighted by molar-refractivity contribution is 0.0938. The van der Waals surface area contributed by atoms with Crippen LogP contribution in [0.5, 0.6) is 0 Å². The number of carbonyl (C=O) groups is 2. The molecule has 2 aromatic heterocycles. The first-order chi connectivity index (χ1) is 18.5. The first-order valence-electron chi connectivity index (χ1n) is 13.3. The van der Waals surface area contributed by atoms with E-state index in [1.807, 2.05) is 17.0 Å². The number of ether oxygens (including phenoxy) is 2. The first kappa shape index (κ1) is 26.2. The van der Waals surface area contributed by atoms with Gasteiger partial charge in [0.05, 0.1) is 5.78 Å². The summed E-state index contributed by atoms with van der Waals surface area (Å²) in [4.78, 5) is 33.1. The number of amides is 2. The number of hydrogen-bond acceptors (Lipinski definition) is 6. The Morgan fingerprint density at radius 2 is 1.47 bits per heavy atom. The number of carbonyl (C=O) groups excluding carboxylic acids is 2. The van der Waals surface area contributed by atoms with Crippen LogP contribution in [-0.2, 0) is 22.3 Å². The molecule has 5 atom stereocenters. The van der Waals surface area contributed by atoms with Gasteiger partial charge in [-0.15, -0.1) is 9.24 Å². The second kappa shape index (κ2) is 12.0. The predicted molar refractivity (Wildman–Crippen MR) is 145 cm³/mol. The van der Waals surface area contributed by atoms with Gasteiger partial charge in [-0.3, -0.25) is 0 Å². The van der Waals surface area contributed by atoms with Crippen LogP contribution < -0.4 is 10.6 Å². The van der Waals surface area contributed by atoms with Crippen molar-refractivity contribution in [2.75, 3.05) is 13.1 Å². The van der Waals surface area contributed by atoms with E-state index in [1.165, 1.54) is 11.1 Å². The van der Waals surface area contributed by atoms with Crippen molar-refractivity contribution in [3.8, 4) is 0 Å². The van der Waals surface area contributed by atoms with E-state index in [-0.39, 0.29) is 24.0 Å². The van der Waals surface area contributed by atoms with Crippen LogP contribution in [0.2, 0.25) is 0 Å². The summed E-state index contributed by atoms with van der Waals surface area (Å²) in [7, 11) is 2.75. The Balaban J connectivity index is 0.963. The Labute approximate surface area is 224 Å². The van der Waals surface area contributed by atoms with Crippen LogP contribution in [0.1, 0.15) is 79.4 Å². The van der Waals surface area contributed by atoms with Crippen molar-refractivity contribution in [3.05, 3.63) is 71.8 Å². The van der Waals surface area contributed by atoms with Gasteiger partial charge in [0.25, 0.3) is 0 Å². The highest BCUT2D eigenvalue weighted by atomic mass is 31.0. The molecule has 0 bridgehead atoms. The Morgan fingerprint density at radius 3 is 2.11 bits per heavy atom. The molecule has 3 aromatic rings. The lowest BCUT2D eigenvalue weighted by atomic mass is 10.0. The molecule has 2 amide bonds. The number of alkyl carbamates (subject to hydrolysis) is 2. The minimum Gasteiger partial charge on any atom is -0.438 e. The van der Waals surface area contributed by atoms with Crippen LogP contribution in [0.25, 0.3) is 0 Å². The van der Waals surface area contributed by atoms with Crippen LogP contribution in [-0.4, -0.2) is 44.4 Å². The zero-order valence-corrected chi connectivity index (χ0v) is 22.7. The number of benzene rings is 1. The molecule has 2 N–H and O–H groups in total. The molecular formula is C27H35N6O4P. The molecule has 0 spiro atoms. The van der Waals surface area contributed by atoms with Crippen molar-refractivity contribution in [1.82, 2.24) is 29.7 Å². The molecule has 0 saturated heterocycles. The van der Waals surface area contributed by atoms with Gasteiger partial charge in [0.2, 0.25) is 0 Å². The van der Waals surface area contributed by atoms with E-state index in [0.29, 0.717) is 13.1 Å². The maximum Gasteiger partial charge on any atom is 0.407 e. The van der Waals surface area contributed by atoms with Crippen molar-refractivity contribution >= 4 is 21.4 Å². The van der Waals surface area contributed by atoms with Gasteiger partial charge in [-0.2, -0.15) is 0 Å². The smallest absolute Gasteiger partial charge is 0.407 e. The average molecular weight is 539 g/mol. The number of imidazole rings is 2. The lowest BCUT2D eigenvalue weighted by Crippen LogP contribution is -2.27. The van der Waals surface area contributed by atoms with E-state index in [2.05, 4.69) is 65.6 Å². The van der Waals surface area contributed by atoms with Crippen LogP contribution >= 0.6 is 9.24 Å². The molecule has 0 radical (unpaired) electrons. The highest BCUT2D eigenvalue weighted by Gasteiger charge is 2.33. The number of aryl methyl sites for hydroxylation is 2. The molecule has 10 nitrogen and oxygen atoms in total. The summed E-state index contributed by atoms with van der Waals surface area (Å²) >= 11 is 0. The fourth-order valence-electron chi connectivity index (χ4n) is 5.22. The lowest BCUT2D eigenvalue weighted by Gasteiger charge is -2.12. The van der Waals surface area contributed by atoms with Gasteiger partial charge < -0.3 is 29.2 Å². The molecule has 202 valence electrons. The largest absolute Gasteiger partial charge is 0.438 e. The van der Waals surface area contributed by atoms with Crippen molar-refractivity contribution < 1.29 is 19.1 Å². The van der Waals surface area contributed by atoms with Gasteiger partial charge in [-0.1, -0.05) is 24.3 Å². The first-order valence-corrected chi connectivity index (χ1v) is 13.9. The van der Waals surface area contributed by atoms with Crippen LogP contribution in [0.15, 0.2) is 49.1 Å². The molecule has 11 heteroatoms. The van der Waals surface area contributed by atoms with Crippen molar-refractivity contribution in [1.29, 1.82) is 0 Å². The van der Waals surface area contributed by atoms with Gasteiger partial charge in [0.1, 0.15) is 5.82 Å². The molecule has 5 rings (SSSR count). The minimum atomic E-state index is -0.406. The van der Waals surface area contributed by atoms with E-state index in [1.54, 1.807) is 12.4 Å². The monoisotopic (exact) mass is 538 g/mol. The summed E-state index contributed by atoms with van der Waals surface area (Å²) < 4.78 is 15.2. The molecule has 2 aliphatic rings. The molecular weight excluding hydrogens is 503 g/mol. The van der Waals surface area contributed by atoms with E-state index in [4.69, 9.17) is 9.47 Å². The molecule has 0 fully saturated rings. The van der Waals surface area contributed by atoms with Crippen molar-refractivity contribution in [2.24, 2.45) is 0 Å². The maximum absolute atomic E-state index is 12.2. The predicted octanol–water partition coefficient (Wildman–Crippen LogP) is 4.62. The van der Waals surface area contributed by atoms with Crippen molar-refractivity contribution in [3.63, 3.8) is 0 Å². The summed E-state index contributed by atoms with van der Waals surface area (Å²) in [6.45, 7) is 3.18. The highest BCUT2D eigenvalue weighted by Crippen LogP contribution is 2.39. The number of fused-ring (bicyclic) bond motifs is 2. The third-order valence-corrected chi connectivity index (χ3v) is 7.72. The van der Waals surface area contributed by atoms with Crippen LogP contribution in [0, 0.1) is 0 Å². The molecule has 2 aliphatic heterocycles. The summed E-state index contributed by atoms with van der Waals surface area (Å²) in [6, 6.07) is 8.73. The maximum atomic E-state index is 12.2. The fraction of sp³-hybridized carbons (Fsp3) is 0.481. The summed E-state index contributed by atoms with van der Waals surface area (Å²) in [6.07, 6.45) is 10.7. The van der Waals surface area contributed by atoms with Crippen molar-refractivity contribution in [2.45, 2.75) is 69.5 Å². The zero-order valence-electron chi connectivity index (χ0n) is 21.6. The van der Waals surface area contributed by atoms with Gasteiger partial charge in [-0.05, 0) is 43.7 Å². The SMILES string of the molecule is C[C@@H]1CC(OC(=O)NCCCc2cccc(CCCNC(=O)O[C@@H]3CC(P)n4ccnc43)c2)c2nccn21. The fourth-order valence-corrected chi connectivity index (χ4v) is 5.72. The average Bonchev–Trinajstić information content (AvgIpc) is 3.67. The molecule has 0 saturated carbocycles. The highest BCUT2D eigenvalue weighted by molar-refractivity contribution is 7.16. The number of hydrogen-bond donors (Lipinski definition) is 2. The third-order valence-electron chi connectivity index (χ3n) is 7.13. The standard InChI is InChI=1S/C27H35N6O4P/c1-18-15-21(24-28-11-13-32(18)24)36-26(34)30-9-3-7-19-5-2-6-20(16-19)8-4-10-31-27(35)37-22-17-23(38)33-14-12-29-25(22)33/h2,5-6,11-14,16,18,21-23H,3-4,7-10,15,17,38H2,1H3,(H,30,34)(H,31,35)/t18-,21?,22-,23?/m1/s1. The molecule has 38 heavy (non-hydrogen) atoms. The number of nitrogens with zero attached hydrogens (tertiary/aromatic N) is 4. The van der Waals surface area contributed by atoms with Gasteiger partial charge in [0.15, 0.2) is 18.0 Å². The second-order valence-electron chi connectivity index (χ2n) is 9.94. The summed E-state index contributed by atoms with van der Waals surface area (Å²) in [5, 5.41) is 5.71. The van der Waals surface area contributed by atoms with E-state index < -0.39 is 12.2 Å². The summed E-state index contributed by atoms with van der Waals surface area (Å²) in [5.41, 5.74) is 2.44. The van der Waals surface area contributed by atoms with Gasteiger partial charge in [-0.25, -0.2) is 19.6 Å². The quantitative estimate of drug-likeness (QED) is 0.288. The normalized spacial score (nSPS) is 21.5. The second-order valence-corrected chi connectivity index (χ2v) is 10.7. The van der Waals surface area contributed by atoms with E-state index in [0.717, 1.165) is 50.2 Å². The molecule has 4 heterocycles. The Bertz CT molecular complexity index is 1170. The van der Waals surface area contributed by atoms with Gasteiger partial charge >= 0.3 is 12.2 Å². The third kappa shape index (κ3) is 6.18. The summed E-state index contributed by atoms with van der Waals surface area (Å²) in [5.74, 6) is 1.81. The number of rotatable bonds is 10. The van der Waals surface area contributed by atoms with Crippen LogP contribution in [0.3, 0.4) is 0 Å². The number of nitrogens with one attached hydrogen (secondary N) is 2. The molecule has 0 aliphatic carbocycles. The van der Waals surface area contributed by atoms with Gasteiger partial charge in [0, 0.05) is 56.8 Å². The Hall–Kier alpha value is -3.39. The molecule has 3 unspecified atom stereocenters.